The molecular weight excluding hydrogens is 188 g/mol. The molecule has 0 fully saturated rings. The normalized spacial score (nSPS) is 9.77. The summed E-state index contributed by atoms with van der Waals surface area (Å²) < 4.78 is 4.84. The van der Waals surface area contributed by atoms with Gasteiger partial charge in [-0.05, 0) is 26.7 Å². The van der Waals surface area contributed by atoms with Gasteiger partial charge < -0.3 is 15.8 Å². The van der Waals surface area contributed by atoms with Gasteiger partial charge in [0.15, 0.2) is 0 Å². The lowest BCUT2D eigenvalue weighted by Crippen LogP contribution is -2.28. The fraction of sp³-hybridized carbons (Fsp3) is 0.750. The second-order valence-electron chi connectivity index (χ2n) is 2.95. The molecule has 0 radical (unpaired) electrons. The fourth-order valence-electron chi connectivity index (χ4n) is 0.709. The van der Waals surface area contributed by atoms with Gasteiger partial charge in [-0.3, -0.25) is 0 Å². The van der Waals surface area contributed by atoms with Gasteiger partial charge in [0.2, 0.25) is 0 Å². The van der Waals surface area contributed by atoms with Gasteiger partial charge in [0, 0.05) is 6.54 Å². The van der Waals surface area contributed by atoms with Gasteiger partial charge in [-0.25, -0.2) is 4.79 Å². The maximum Gasteiger partial charge on any atom is 0.407 e. The third kappa shape index (κ3) is 9.07. The predicted octanol–water partition coefficient (Wildman–Crippen LogP) is 1.19. The van der Waals surface area contributed by atoms with Gasteiger partial charge >= 0.3 is 6.09 Å². The van der Waals surface area contributed by atoms with E-state index in [-0.39, 0.29) is 6.10 Å². The highest BCUT2D eigenvalue weighted by Gasteiger charge is 2.02. The summed E-state index contributed by atoms with van der Waals surface area (Å²) >= 11 is 4.68. The first-order valence-electron chi connectivity index (χ1n) is 4.25. The van der Waals surface area contributed by atoms with Crippen LogP contribution in [0.1, 0.15) is 26.7 Å². The highest BCUT2D eigenvalue weighted by atomic mass is 32.1. The Morgan fingerprint density at radius 3 is 2.69 bits per heavy atom. The number of nitrogens with two attached hydrogens (primary N) is 1. The minimum absolute atomic E-state index is 0.0874. The van der Waals surface area contributed by atoms with Crippen molar-refractivity contribution in [3.05, 3.63) is 0 Å². The predicted molar refractivity (Wildman–Crippen MR) is 55.6 cm³/mol. The number of hydrogen-bond acceptors (Lipinski definition) is 3. The molecule has 1 amide bonds. The lowest BCUT2D eigenvalue weighted by Gasteiger charge is -2.08. The van der Waals surface area contributed by atoms with Crippen LogP contribution in [0.5, 0.6) is 0 Å². The Morgan fingerprint density at radius 2 is 2.23 bits per heavy atom. The maximum atomic E-state index is 10.9. The van der Waals surface area contributed by atoms with Crippen molar-refractivity contribution < 1.29 is 9.53 Å². The first kappa shape index (κ1) is 12.2. The molecule has 0 aliphatic rings. The monoisotopic (exact) mass is 204 g/mol. The molecule has 0 aliphatic heterocycles. The Morgan fingerprint density at radius 1 is 1.62 bits per heavy atom. The summed E-state index contributed by atoms with van der Waals surface area (Å²) in [6.07, 6.45) is 0.924. The van der Waals surface area contributed by atoms with E-state index in [1.54, 1.807) is 13.8 Å². The van der Waals surface area contributed by atoms with E-state index in [2.05, 4.69) is 17.5 Å². The average Bonchev–Trinajstić information content (AvgIpc) is 1.96. The van der Waals surface area contributed by atoms with Crippen LogP contribution in [0.15, 0.2) is 0 Å². The van der Waals surface area contributed by atoms with Crippen molar-refractivity contribution in [1.29, 1.82) is 0 Å². The molecule has 0 aromatic rings. The van der Waals surface area contributed by atoms with Crippen molar-refractivity contribution in [2.75, 3.05) is 6.54 Å². The largest absolute Gasteiger partial charge is 0.447 e. The quantitative estimate of drug-likeness (QED) is 0.521. The Kier molecular flexibility index (Phi) is 6.22. The second kappa shape index (κ2) is 6.65. The molecule has 5 heteroatoms. The third-order valence-corrected chi connectivity index (χ3v) is 1.42. The van der Waals surface area contributed by atoms with Crippen molar-refractivity contribution in [2.24, 2.45) is 5.73 Å². The second-order valence-corrected chi connectivity index (χ2v) is 3.48. The first-order chi connectivity index (χ1) is 6.02. The Hall–Kier alpha value is -0.840. The van der Waals surface area contributed by atoms with Gasteiger partial charge in [-0.1, -0.05) is 12.2 Å². The zero-order chi connectivity index (χ0) is 10.3. The minimum Gasteiger partial charge on any atom is -0.447 e. The third-order valence-electron chi connectivity index (χ3n) is 1.21. The molecule has 76 valence electrons. The van der Waals surface area contributed by atoms with E-state index in [0.717, 1.165) is 6.42 Å². The van der Waals surface area contributed by atoms with Crippen LogP contribution >= 0.6 is 12.2 Å². The van der Waals surface area contributed by atoms with E-state index in [1.165, 1.54) is 0 Å². The number of rotatable bonds is 5. The van der Waals surface area contributed by atoms with Crippen LogP contribution in [0.25, 0.3) is 0 Å². The van der Waals surface area contributed by atoms with Crippen LogP contribution in [-0.2, 0) is 4.74 Å². The summed E-state index contributed by atoms with van der Waals surface area (Å²) in [5.74, 6) is 0. The molecule has 13 heavy (non-hydrogen) atoms. The van der Waals surface area contributed by atoms with Crippen molar-refractivity contribution in [2.45, 2.75) is 32.8 Å². The fourth-order valence-corrected chi connectivity index (χ4v) is 0.853. The lowest BCUT2D eigenvalue weighted by atomic mass is 10.3. The molecule has 0 unspecified atom stereocenters. The molecule has 3 N–H and O–H groups in total. The summed E-state index contributed by atoms with van der Waals surface area (Å²) in [5, 5.41) is 2.59. The van der Waals surface area contributed by atoms with E-state index in [1.807, 2.05) is 0 Å². The zero-order valence-corrected chi connectivity index (χ0v) is 8.82. The summed E-state index contributed by atoms with van der Waals surface area (Å²) in [7, 11) is 0. The van der Waals surface area contributed by atoms with E-state index < -0.39 is 6.09 Å². The number of alkyl carbamates (subject to hydrolysis) is 1. The summed E-state index contributed by atoms with van der Waals surface area (Å²) in [6.45, 7) is 4.14. The van der Waals surface area contributed by atoms with Crippen LogP contribution in [0.4, 0.5) is 4.79 Å². The summed E-state index contributed by atoms with van der Waals surface area (Å²) in [5.41, 5.74) is 5.28. The van der Waals surface area contributed by atoms with Gasteiger partial charge in [0.25, 0.3) is 0 Å². The summed E-state index contributed by atoms with van der Waals surface area (Å²) in [4.78, 5) is 11.4. The van der Waals surface area contributed by atoms with Crippen molar-refractivity contribution in [3.8, 4) is 0 Å². The zero-order valence-electron chi connectivity index (χ0n) is 8.00. The number of hydrogen-bond donors (Lipinski definition) is 2. The molecule has 0 bridgehead atoms. The molecule has 0 rings (SSSR count). The lowest BCUT2D eigenvalue weighted by molar-refractivity contribution is 0.115. The molecule has 0 spiro atoms. The summed E-state index contributed by atoms with van der Waals surface area (Å²) in [6, 6.07) is 0. The number of carbonyl (C=O) groups is 1. The number of ether oxygens (including phenoxy) is 1. The van der Waals surface area contributed by atoms with Gasteiger partial charge in [0.05, 0.1) is 11.1 Å². The van der Waals surface area contributed by atoms with Crippen molar-refractivity contribution in [3.63, 3.8) is 0 Å². The van der Waals surface area contributed by atoms with E-state index in [9.17, 15) is 4.79 Å². The van der Waals surface area contributed by atoms with Crippen molar-refractivity contribution >= 4 is 23.3 Å². The van der Waals surface area contributed by atoms with Crippen LogP contribution in [0.3, 0.4) is 0 Å². The van der Waals surface area contributed by atoms with Crippen LogP contribution in [-0.4, -0.2) is 23.7 Å². The number of carbonyl (C=O) groups excluding carboxylic acids is 1. The molecule has 0 atom stereocenters. The molecule has 0 aliphatic carbocycles. The van der Waals surface area contributed by atoms with Gasteiger partial charge in [0.1, 0.15) is 0 Å². The Bertz CT molecular complexity index is 183. The average molecular weight is 204 g/mol. The molecule has 4 nitrogen and oxygen atoms in total. The SMILES string of the molecule is CC(C)OC(=O)NCCCC(N)=S. The minimum atomic E-state index is -0.391. The van der Waals surface area contributed by atoms with Crippen molar-refractivity contribution in [1.82, 2.24) is 5.32 Å². The molecule has 0 heterocycles. The molecule has 0 saturated carbocycles. The number of thiocarbonyl (C=S) groups is 1. The van der Waals surface area contributed by atoms with E-state index in [4.69, 9.17) is 10.5 Å². The van der Waals surface area contributed by atoms with Crippen LogP contribution < -0.4 is 11.1 Å². The topological polar surface area (TPSA) is 64.3 Å². The maximum absolute atomic E-state index is 10.9. The molecule has 0 aromatic heterocycles. The number of nitrogens with one attached hydrogen (secondary N) is 1. The van der Waals surface area contributed by atoms with E-state index in [0.29, 0.717) is 18.0 Å². The molecular formula is C8H16N2O2S. The van der Waals surface area contributed by atoms with E-state index >= 15 is 0 Å². The number of amides is 1. The Labute approximate surface area is 83.8 Å². The van der Waals surface area contributed by atoms with Crippen LogP contribution in [0, 0.1) is 0 Å². The smallest absolute Gasteiger partial charge is 0.407 e. The Balaban J connectivity index is 3.32. The first-order valence-corrected chi connectivity index (χ1v) is 4.66. The van der Waals surface area contributed by atoms with Gasteiger partial charge in [-0.2, -0.15) is 0 Å². The van der Waals surface area contributed by atoms with Gasteiger partial charge in [-0.15, -0.1) is 0 Å². The van der Waals surface area contributed by atoms with Crippen LogP contribution in [0.2, 0.25) is 0 Å². The highest BCUT2D eigenvalue weighted by molar-refractivity contribution is 7.80. The molecule has 0 aromatic carbocycles. The standard InChI is InChI=1S/C8H16N2O2S/c1-6(2)12-8(11)10-5-3-4-7(9)13/h6H,3-5H2,1-2H3,(H2,9,13)(H,10,11). The highest BCUT2D eigenvalue weighted by Crippen LogP contribution is 1.90. The molecule has 0 saturated heterocycles.